The van der Waals surface area contributed by atoms with Gasteiger partial charge < -0.3 is 0 Å². The smallest absolute Gasteiger partial charge is 0.181 e. The molecular formula is C10H6BrClN4. The van der Waals surface area contributed by atoms with Crippen molar-refractivity contribution in [3.63, 3.8) is 0 Å². The molecule has 0 atom stereocenters. The molecule has 4 nitrogen and oxygen atoms in total. The molecule has 0 fully saturated rings. The van der Waals surface area contributed by atoms with E-state index in [2.05, 4.69) is 31.1 Å². The largest absolute Gasteiger partial charge is 0.262 e. The summed E-state index contributed by atoms with van der Waals surface area (Å²) in [6.45, 7) is 0. The van der Waals surface area contributed by atoms with Crippen molar-refractivity contribution in [2.45, 2.75) is 6.42 Å². The molecule has 1 heterocycles. The fraction of sp³-hybridized carbons (Fsp3) is 0.100. The van der Waals surface area contributed by atoms with Gasteiger partial charge in [0.2, 0.25) is 0 Å². The third kappa shape index (κ3) is 2.23. The zero-order valence-corrected chi connectivity index (χ0v) is 10.4. The fourth-order valence-electron chi connectivity index (χ4n) is 1.21. The summed E-state index contributed by atoms with van der Waals surface area (Å²) in [7, 11) is 0. The SMILES string of the molecule is N#CCc1nc(-c2ccc(Cl)c(Br)c2)n[nH]1. The van der Waals surface area contributed by atoms with Crippen LogP contribution in [0.1, 0.15) is 5.82 Å². The molecule has 0 saturated heterocycles. The van der Waals surface area contributed by atoms with Gasteiger partial charge in [0, 0.05) is 10.0 Å². The lowest BCUT2D eigenvalue weighted by molar-refractivity contribution is 0.996. The number of nitrogens with one attached hydrogen (secondary N) is 1. The van der Waals surface area contributed by atoms with Crippen LogP contribution < -0.4 is 0 Å². The third-order valence-corrected chi connectivity index (χ3v) is 3.17. The second-order valence-corrected chi connectivity index (χ2v) is 4.33. The number of nitriles is 1. The summed E-state index contributed by atoms with van der Waals surface area (Å²) < 4.78 is 0.790. The van der Waals surface area contributed by atoms with Crippen molar-refractivity contribution in [3.8, 4) is 17.5 Å². The van der Waals surface area contributed by atoms with Crippen molar-refractivity contribution in [1.29, 1.82) is 5.26 Å². The Labute approximate surface area is 105 Å². The molecule has 1 aromatic carbocycles. The minimum atomic E-state index is 0.224. The molecule has 0 bridgehead atoms. The first kappa shape index (κ1) is 11.1. The fourth-order valence-corrected chi connectivity index (χ4v) is 1.71. The number of benzene rings is 1. The quantitative estimate of drug-likeness (QED) is 0.927. The number of aromatic nitrogens is 3. The Morgan fingerprint density at radius 3 is 3.00 bits per heavy atom. The van der Waals surface area contributed by atoms with Gasteiger partial charge in [0.25, 0.3) is 0 Å². The number of aromatic amines is 1. The molecule has 16 heavy (non-hydrogen) atoms. The predicted molar refractivity (Wildman–Crippen MR) is 63.8 cm³/mol. The highest BCUT2D eigenvalue weighted by molar-refractivity contribution is 9.10. The van der Waals surface area contributed by atoms with Crippen LogP contribution in [-0.4, -0.2) is 15.2 Å². The predicted octanol–water partition coefficient (Wildman–Crippen LogP) is 2.95. The van der Waals surface area contributed by atoms with Gasteiger partial charge in [-0.1, -0.05) is 11.6 Å². The number of rotatable bonds is 2. The summed E-state index contributed by atoms with van der Waals surface area (Å²) in [5, 5.41) is 15.9. The Hall–Kier alpha value is -1.38. The van der Waals surface area contributed by atoms with Gasteiger partial charge in [0.1, 0.15) is 5.82 Å². The van der Waals surface area contributed by atoms with E-state index in [9.17, 15) is 0 Å². The molecule has 1 aromatic heterocycles. The van der Waals surface area contributed by atoms with Crippen molar-refractivity contribution in [2.24, 2.45) is 0 Å². The first-order valence-corrected chi connectivity index (χ1v) is 5.61. The van der Waals surface area contributed by atoms with Gasteiger partial charge >= 0.3 is 0 Å². The molecule has 0 aliphatic rings. The molecule has 0 spiro atoms. The number of halogens is 2. The van der Waals surface area contributed by atoms with E-state index in [1.165, 1.54) is 0 Å². The molecule has 0 aliphatic heterocycles. The number of hydrogen-bond acceptors (Lipinski definition) is 3. The van der Waals surface area contributed by atoms with E-state index in [0.29, 0.717) is 16.7 Å². The third-order valence-electron chi connectivity index (χ3n) is 1.96. The number of nitrogens with zero attached hydrogens (tertiary/aromatic N) is 3. The average Bonchev–Trinajstić information content (AvgIpc) is 2.71. The molecular weight excluding hydrogens is 291 g/mol. The van der Waals surface area contributed by atoms with Crippen molar-refractivity contribution >= 4 is 27.5 Å². The van der Waals surface area contributed by atoms with Crippen LogP contribution in [0.4, 0.5) is 0 Å². The Balaban J connectivity index is 2.36. The topological polar surface area (TPSA) is 65.4 Å². The van der Waals surface area contributed by atoms with Crippen molar-refractivity contribution in [2.75, 3.05) is 0 Å². The monoisotopic (exact) mass is 296 g/mol. The van der Waals surface area contributed by atoms with Crippen LogP contribution in [-0.2, 0) is 6.42 Å². The first-order valence-electron chi connectivity index (χ1n) is 4.44. The maximum absolute atomic E-state index is 8.52. The van der Waals surface area contributed by atoms with Crippen LogP contribution >= 0.6 is 27.5 Å². The van der Waals surface area contributed by atoms with Crippen LogP contribution in [0, 0.1) is 11.3 Å². The summed E-state index contributed by atoms with van der Waals surface area (Å²) in [5.74, 6) is 1.12. The molecule has 2 rings (SSSR count). The number of H-pyrrole nitrogens is 1. The van der Waals surface area contributed by atoms with E-state index in [-0.39, 0.29) is 6.42 Å². The van der Waals surface area contributed by atoms with Gasteiger partial charge in [0.05, 0.1) is 17.5 Å². The minimum Gasteiger partial charge on any atom is -0.262 e. The van der Waals surface area contributed by atoms with E-state index < -0.39 is 0 Å². The Morgan fingerprint density at radius 1 is 1.50 bits per heavy atom. The molecule has 80 valence electrons. The van der Waals surface area contributed by atoms with Gasteiger partial charge in [-0.05, 0) is 34.1 Å². The molecule has 1 N–H and O–H groups in total. The van der Waals surface area contributed by atoms with Gasteiger partial charge in [-0.2, -0.15) is 10.4 Å². The molecule has 0 amide bonds. The average molecular weight is 298 g/mol. The highest BCUT2D eigenvalue weighted by Gasteiger charge is 2.07. The van der Waals surface area contributed by atoms with Crippen LogP contribution in [0.2, 0.25) is 5.02 Å². The summed E-state index contributed by atoms with van der Waals surface area (Å²) in [5.41, 5.74) is 0.844. The zero-order chi connectivity index (χ0) is 11.5. The second kappa shape index (κ2) is 4.64. The maximum atomic E-state index is 8.52. The lowest BCUT2D eigenvalue weighted by atomic mass is 10.2. The Kier molecular flexibility index (Phi) is 3.22. The van der Waals surface area contributed by atoms with Crippen LogP contribution in [0.5, 0.6) is 0 Å². The summed E-state index contributed by atoms with van der Waals surface area (Å²) in [6.07, 6.45) is 0.224. The van der Waals surface area contributed by atoms with E-state index in [1.807, 2.05) is 18.2 Å². The Morgan fingerprint density at radius 2 is 2.31 bits per heavy atom. The van der Waals surface area contributed by atoms with Crippen LogP contribution in [0.15, 0.2) is 22.7 Å². The van der Waals surface area contributed by atoms with Crippen LogP contribution in [0.25, 0.3) is 11.4 Å². The molecule has 0 saturated carbocycles. The summed E-state index contributed by atoms with van der Waals surface area (Å²) in [6, 6.07) is 7.43. The van der Waals surface area contributed by atoms with Gasteiger partial charge in [-0.15, -0.1) is 0 Å². The summed E-state index contributed by atoms with van der Waals surface area (Å²) >= 11 is 9.22. The van der Waals surface area contributed by atoms with Gasteiger partial charge in [-0.3, -0.25) is 5.10 Å². The van der Waals surface area contributed by atoms with E-state index in [1.54, 1.807) is 6.07 Å². The first-order chi connectivity index (χ1) is 7.70. The van der Waals surface area contributed by atoms with E-state index in [0.717, 1.165) is 10.0 Å². The van der Waals surface area contributed by atoms with Gasteiger partial charge in [-0.25, -0.2) is 4.98 Å². The number of hydrogen-bond donors (Lipinski definition) is 1. The molecule has 2 aromatic rings. The summed E-state index contributed by atoms with van der Waals surface area (Å²) in [4.78, 5) is 4.19. The standard InChI is InChI=1S/C10H6BrClN4/c11-7-5-6(1-2-8(7)12)10-14-9(3-4-13)15-16-10/h1-2,5H,3H2,(H,14,15,16). The maximum Gasteiger partial charge on any atom is 0.181 e. The van der Waals surface area contributed by atoms with Crippen LogP contribution in [0.3, 0.4) is 0 Å². The molecule has 0 aliphatic carbocycles. The molecule has 0 unspecified atom stereocenters. The van der Waals surface area contributed by atoms with E-state index in [4.69, 9.17) is 16.9 Å². The minimum absolute atomic E-state index is 0.224. The van der Waals surface area contributed by atoms with E-state index >= 15 is 0 Å². The highest BCUT2D eigenvalue weighted by Crippen LogP contribution is 2.27. The molecule has 0 radical (unpaired) electrons. The Bertz CT molecular complexity index is 558. The highest BCUT2D eigenvalue weighted by atomic mass is 79.9. The lowest BCUT2D eigenvalue weighted by Gasteiger charge is -1.98. The normalized spacial score (nSPS) is 10.1. The lowest BCUT2D eigenvalue weighted by Crippen LogP contribution is -1.84. The van der Waals surface area contributed by atoms with Crippen molar-refractivity contribution < 1.29 is 0 Å². The van der Waals surface area contributed by atoms with Crippen molar-refractivity contribution in [1.82, 2.24) is 15.2 Å². The molecule has 6 heteroatoms. The van der Waals surface area contributed by atoms with Crippen molar-refractivity contribution in [3.05, 3.63) is 33.5 Å². The second-order valence-electron chi connectivity index (χ2n) is 3.07. The van der Waals surface area contributed by atoms with Gasteiger partial charge in [0.15, 0.2) is 5.82 Å². The zero-order valence-electron chi connectivity index (χ0n) is 8.04.